The van der Waals surface area contributed by atoms with Crippen LogP contribution in [0.5, 0.6) is 0 Å². The van der Waals surface area contributed by atoms with Crippen LogP contribution in [0.25, 0.3) is 0 Å². The highest BCUT2D eigenvalue weighted by molar-refractivity contribution is 7.99. The summed E-state index contributed by atoms with van der Waals surface area (Å²) in [5.41, 5.74) is 1.55. The molecular weight excluding hydrogens is 152 g/mol. The van der Waals surface area contributed by atoms with E-state index in [0.29, 0.717) is 0 Å². The minimum atomic E-state index is 0.771. The molecule has 1 aromatic carbocycles. The van der Waals surface area contributed by atoms with Crippen molar-refractivity contribution in [2.75, 3.05) is 5.75 Å². The molecule has 11 heavy (non-hydrogen) atoms. The van der Waals surface area contributed by atoms with Crippen LogP contribution in [0.2, 0.25) is 0 Å². The van der Waals surface area contributed by atoms with Gasteiger partial charge >= 0.3 is 0 Å². The van der Waals surface area contributed by atoms with Gasteiger partial charge in [0.25, 0.3) is 0 Å². The van der Waals surface area contributed by atoms with Gasteiger partial charge in [-0.1, -0.05) is 25.1 Å². The Bertz CT molecular complexity index is 255. The van der Waals surface area contributed by atoms with Gasteiger partial charge in [0, 0.05) is 4.90 Å². The third kappa shape index (κ3) is 1.30. The fourth-order valence-corrected chi connectivity index (χ4v) is 2.82. The summed E-state index contributed by atoms with van der Waals surface area (Å²) in [5.74, 6) is 2.06. The average molecular weight is 164 g/mol. The van der Waals surface area contributed by atoms with Gasteiger partial charge in [-0.3, -0.25) is 0 Å². The zero-order valence-electron chi connectivity index (χ0n) is 6.71. The van der Waals surface area contributed by atoms with Gasteiger partial charge in [0.05, 0.1) is 0 Å². The van der Waals surface area contributed by atoms with E-state index in [9.17, 15) is 0 Å². The Labute approximate surface area is 72.0 Å². The van der Waals surface area contributed by atoms with Gasteiger partial charge in [-0.25, -0.2) is 0 Å². The second-order valence-corrected chi connectivity index (χ2v) is 4.21. The van der Waals surface area contributed by atoms with E-state index in [4.69, 9.17) is 0 Å². The number of hydrogen-bond acceptors (Lipinski definition) is 1. The predicted molar refractivity (Wildman–Crippen MR) is 50.2 cm³/mol. The number of rotatable bonds is 0. The van der Waals surface area contributed by atoms with Crippen LogP contribution in [0.4, 0.5) is 0 Å². The molecule has 0 bridgehead atoms. The van der Waals surface area contributed by atoms with Crippen LogP contribution >= 0.6 is 11.8 Å². The molecule has 2 rings (SSSR count). The summed E-state index contributed by atoms with van der Waals surface area (Å²) in [7, 11) is 0. The Kier molecular flexibility index (Phi) is 1.91. The summed E-state index contributed by atoms with van der Waals surface area (Å²) in [5, 5.41) is 0. The van der Waals surface area contributed by atoms with E-state index < -0.39 is 0 Å². The van der Waals surface area contributed by atoms with Gasteiger partial charge in [0.15, 0.2) is 0 Å². The molecular formula is C10H12S. The molecule has 0 N–H and O–H groups in total. The summed E-state index contributed by atoms with van der Waals surface area (Å²) < 4.78 is 0. The molecule has 0 nitrogen and oxygen atoms in total. The topological polar surface area (TPSA) is 0 Å². The largest absolute Gasteiger partial charge is 0.126 e. The monoisotopic (exact) mass is 164 g/mol. The highest BCUT2D eigenvalue weighted by Gasteiger charge is 2.14. The third-order valence-electron chi connectivity index (χ3n) is 2.26. The molecule has 0 fully saturated rings. The smallest absolute Gasteiger partial charge is 0.0107 e. The normalized spacial score (nSPS) is 22.8. The maximum atomic E-state index is 2.32. The lowest BCUT2D eigenvalue weighted by atomic mass is 9.98. The number of fused-ring (bicyclic) bond motifs is 1. The van der Waals surface area contributed by atoms with Crippen molar-refractivity contribution in [3.05, 3.63) is 29.8 Å². The highest BCUT2D eigenvalue weighted by atomic mass is 32.2. The van der Waals surface area contributed by atoms with Crippen molar-refractivity contribution in [1.29, 1.82) is 0 Å². The second-order valence-electron chi connectivity index (χ2n) is 3.08. The van der Waals surface area contributed by atoms with Crippen molar-refractivity contribution in [1.82, 2.24) is 0 Å². The van der Waals surface area contributed by atoms with Gasteiger partial charge < -0.3 is 0 Å². The van der Waals surface area contributed by atoms with E-state index in [2.05, 4.69) is 31.2 Å². The molecule has 1 unspecified atom stereocenters. The molecule has 0 aromatic heterocycles. The van der Waals surface area contributed by atoms with Crippen molar-refractivity contribution >= 4 is 11.8 Å². The summed E-state index contributed by atoms with van der Waals surface area (Å²) >= 11 is 1.99. The Morgan fingerprint density at radius 2 is 2.18 bits per heavy atom. The lowest BCUT2D eigenvalue weighted by Crippen LogP contribution is -2.02. The molecule has 0 radical (unpaired) electrons. The highest BCUT2D eigenvalue weighted by Crippen LogP contribution is 2.36. The van der Waals surface area contributed by atoms with Gasteiger partial charge in [-0.15, -0.1) is 11.8 Å². The molecule has 0 saturated carbocycles. The van der Waals surface area contributed by atoms with E-state index in [1.165, 1.54) is 17.1 Å². The standard InChI is InChI=1S/C10H12S/c1-8-6-7-11-10-5-3-2-4-9(8)10/h2-5,8H,6-7H2,1H3. The van der Waals surface area contributed by atoms with Gasteiger partial charge in [0.1, 0.15) is 0 Å². The Balaban J connectivity index is 2.44. The SMILES string of the molecule is CC1CCSc2ccccc21. The molecule has 0 saturated heterocycles. The maximum absolute atomic E-state index is 2.32. The van der Waals surface area contributed by atoms with Crippen molar-refractivity contribution in [2.45, 2.75) is 24.2 Å². The lowest BCUT2D eigenvalue weighted by molar-refractivity contribution is 0.713. The van der Waals surface area contributed by atoms with Crippen molar-refractivity contribution in [2.24, 2.45) is 0 Å². The molecule has 0 spiro atoms. The molecule has 1 aromatic rings. The van der Waals surface area contributed by atoms with Crippen molar-refractivity contribution in [3.63, 3.8) is 0 Å². The summed E-state index contributed by atoms with van der Waals surface area (Å²) in [4.78, 5) is 1.49. The average Bonchev–Trinajstić information content (AvgIpc) is 2.06. The van der Waals surface area contributed by atoms with Gasteiger partial charge in [0.2, 0.25) is 0 Å². The first kappa shape index (κ1) is 7.23. The molecule has 1 heterocycles. The number of hydrogen-bond donors (Lipinski definition) is 0. The first-order valence-electron chi connectivity index (χ1n) is 4.09. The van der Waals surface area contributed by atoms with Crippen LogP contribution in [0, 0.1) is 0 Å². The number of benzene rings is 1. The van der Waals surface area contributed by atoms with Gasteiger partial charge in [-0.2, -0.15) is 0 Å². The minimum absolute atomic E-state index is 0.771. The fourth-order valence-electron chi connectivity index (χ4n) is 1.52. The fraction of sp³-hybridized carbons (Fsp3) is 0.400. The van der Waals surface area contributed by atoms with Crippen LogP contribution in [-0.4, -0.2) is 5.75 Å². The van der Waals surface area contributed by atoms with Crippen molar-refractivity contribution in [3.8, 4) is 0 Å². The van der Waals surface area contributed by atoms with E-state index >= 15 is 0 Å². The van der Waals surface area contributed by atoms with E-state index in [0.717, 1.165) is 5.92 Å². The van der Waals surface area contributed by atoms with Gasteiger partial charge in [-0.05, 0) is 29.7 Å². The Morgan fingerprint density at radius 1 is 1.36 bits per heavy atom. The molecule has 1 heteroatoms. The van der Waals surface area contributed by atoms with Crippen LogP contribution in [0.3, 0.4) is 0 Å². The van der Waals surface area contributed by atoms with Crippen LogP contribution in [0.1, 0.15) is 24.8 Å². The second kappa shape index (κ2) is 2.90. The molecule has 1 aliphatic rings. The quantitative estimate of drug-likeness (QED) is 0.567. The maximum Gasteiger partial charge on any atom is 0.0107 e. The predicted octanol–water partition coefficient (Wildman–Crippen LogP) is 3.29. The first-order valence-corrected chi connectivity index (χ1v) is 5.08. The third-order valence-corrected chi connectivity index (χ3v) is 3.38. The van der Waals surface area contributed by atoms with Crippen molar-refractivity contribution < 1.29 is 0 Å². The Morgan fingerprint density at radius 3 is 3.00 bits per heavy atom. The van der Waals surface area contributed by atoms with E-state index in [-0.39, 0.29) is 0 Å². The molecule has 1 atom stereocenters. The minimum Gasteiger partial charge on any atom is -0.126 e. The molecule has 0 amide bonds. The zero-order chi connectivity index (χ0) is 7.68. The summed E-state index contributed by atoms with van der Waals surface area (Å²) in [6.45, 7) is 2.32. The molecule has 58 valence electrons. The number of thioether (sulfide) groups is 1. The Hall–Kier alpha value is -0.430. The summed E-state index contributed by atoms with van der Waals surface area (Å²) in [6.07, 6.45) is 1.34. The van der Waals surface area contributed by atoms with E-state index in [1.54, 1.807) is 5.56 Å². The zero-order valence-corrected chi connectivity index (χ0v) is 7.53. The van der Waals surface area contributed by atoms with Crippen LogP contribution in [-0.2, 0) is 0 Å². The lowest BCUT2D eigenvalue weighted by Gasteiger charge is -2.20. The van der Waals surface area contributed by atoms with Crippen LogP contribution in [0.15, 0.2) is 29.2 Å². The van der Waals surface area contributed by atoms with Crippen LogP contribution < -0.4 is 0 Å². The molecule has 1 aliphatic heterocycles. The van der Waals surface area contributed by atoms with E-state index in [1.807, 2.05) is 11.8 Å². The molecule has 0 aliphatic carbocycles. The first-order chi connectivity index (χ1) is 5.38. The summed E-state index contributed by atoms with van der Waals surface area (Å²) in [6, 6.07) is 8.76.